The first kappa shape index (κ1) is 20.9. The van der Waals surface area contributed by atoms with Crippen LogP contribution in [-0.2, 0) is 4.79 Å². The largest absolute Gasteiger partial charge is 0.483 e. The maximum absolute atomic E-state index is 12.0. The van der Waals surface area contributed by atoms with E-state index in [-0.39, 0.29) is 12.5 Å². The molecule has 0 unspecified atom stereocenters. The van der Waals surface area contributed by atoms with Crippen molar-refractivity contribution in [2.24, 2.45) is 5.10 Å². The topological polar surface area (TPSA) is 66.8 Å². The van der Waals surface area contributed by atoms with E-state index < -0.39 is 0 Å². The third-order valence-electron chi connectivity index (χ3n) is 4.08. The van der Waals surface area contributed by atoms with Gasteiger partial charge in [-0.1, -0.05) is 37.3 Å². The zero-order chi connectivity index (χ0) is 19.8. The number of thiazole rings is 1. The molecule has 1 N–H and O–H groups in total. The Morgan fingerprint density at radius 1 is 1.37 bits per heavy atom. The number of hydrogen-bond donors (Lipinski definition) is 1. The number of hydrazone groups is 1. The summed E-state index contributed by atoms with van der Waals surface area (Å²) in [5.41, 5.74) is 4.69. The molecule has 2 rings (SSSR count). The van der Waals surface area contributed by atoms with Crippen molar-refractivity contribution in [1.29, 1.82) is 0 Å². The van der Waals surface area contributed by atoms with Gasteiger partial charge in [0.05, 0.1) is 11.1 Å². The fourth-order valence-corrected chi connectivity index (χ4v) is 3.48. The van der Waals surface area contributed by atoms with E-state index in [9.17, 15) is 4.79 Å². The van der Waals surface area contributed by atoms with Crippen molar-refractivity contribution in [2.75, 3.05) is 24.6 Å². The summed E-state index contributed by atoms with van der Waals surface area (Å²) in [6.45, 7) is 12.1. The molecule has 0 aliphatic carbocycles. The van der Waals surface area contributed by atoms with Gasteiger partial charge in [-0.3, -0.25) is 4.79 Å². The molecular formula is C20H28N4O2S. The molecule has 0 bridgehead atoms. The van der Waals surface area contributed by atoms with Gasteiger partial charge >= 0.3 is 0 Å². The first-order valence-electron chi connectivity index (χ1n) is 9.20. The Labute approximate surface area is 165 Å². The Kier molecular flexibility index (Phi) is 7.79. The number of aryl methyl sites for hydroxylation is 1. The van der Waals surface area contributed by atoms with Crippen molar-refractivity contribution in [2.45, 2.75) is 40.5 Å². The van der Waals surface area contributed by atoms with Gasteiger partial charge in [-0.25, -0.2) is 10.4 Å². The van der Waals surface area contributed by atoms with E-state index in [0.717, 1.165) is 40.0 Å². The molecule has 0 atom stereocenters. The molecule has 0 saturated heterocycles. The highest BCUT2D eigenvalue weighted by atomic mass is 32.1. The summed E-state index contributed by atoms with van der Waals surface area (Å²) in [4.78, 5) is 19.4. The lowest BCUT2D eigenvalue weighted by Crippen LogP contribution is -2.24. The highest BCUT2D eigenvalue weighted by Crippen LogP contribution is 2.27. The molecule has 0 radical (unpaired) electrons. The van der Waals surface area contributed by atoms with Gasteiger partial charge in [-0.15, -0.1) is 0 Å². The number of carbonyl (C=O) groups is 1. The smallest absolute Gasteiger partial charge is 0.277 e. The predicted molar refractivity (Wildman–Crippen MR) is 112 cm³/mol. The molecule has 1 amide bonds. The van der Waals surface area contributed by atoms with Crippen LogP contribution in [-0.4, -0.2) is 36.8 Å². The standard InChI is InChI=1S/C20H28N4O2S/c1-6-24(7-2)20-21-11-16(27-20)12-22-23-19(25)13-26-18-10-15(5)8-9-17(18)14(3)4/h8-12,14H,6-7,13H2,1-5H3,(H,23,25)/b22-12+. The SMILES string of the molecule is CCN(CC)c1ncc(/C=N/NC(=O)COc2cc(C)ccc2C(C)C)s1. The molecular weight excluding hydrogens is 360 g/mol. The van der Waals surface area contributed by atoms with Gasteiger partial charge in [-0.05, 0) is 43.9 Å². The highest BCUT2D eigenvalue weighted by molar-refractivity contribution is 7.17. The van der Waals surface area contributed by atoms with Crippen LogP contribution in [0.15, 0.2) is 29.5 Å². The van der Waals surface area contributed by atoms with E-state index in [4.69, 9.17) is 4.74 Å². The summed E-state index contributed by atoms with van der Waals surface area (Å²) in [5.74, 6) is 0.777. The number of carbonyl (C=O) groups excluding carboxylic acids is 1. The average Bonchev–Trinajstić information content (AvgIpc) is 3.09. The fraction of sp³-hybridized carbons (Fsp3) is 0.450. The summed E-state index contributed by atoms with van der Waals surface area (Å²) in [6.07, 6.45) is 3.36. The summed E-state index contributed by atoms with van der Waals surface area (Å²) in [5, 5.41) is 4.96. The lowest BCUT2D eigenvalue weighted by Gasteiger charge is -2.16. The molecule has 146 valence electrons. The number of rotatable bonds is 9. The lowest BCUT2D eigenvalue weighted by atomic mass is 10.0. The van der Waals surface area contributed by atoms with Gasteiger partial charge < -0.3 is 9.64 Å². The number of benzene rings is 1. The molecule has 7 heteroatoms. The minimum absolute atomic E-state index is 0.0755. The Balaban J connectivity index is 1.88. The summed E-state index contributed by atoms with van der Waals surface area (Å²) in [7, 11) is 0. The van der Waals surface area contributed by atoms with Crippen molar-refractivity contribution < 1.29 is 9.53 Å². The maximum Gasteiger partial charge on any atom is 0.277 e. The Morgan fingerprint density at radius 2 is 2.11 bits per heavy atom. The average molecular weight is 389 g/mol. The van der Waals surface area contributed by atoms with Gasteiger partial charge in [0.2, 0.25) is 0 Å². The van der Waals surface area contributed by atoms with Crippen molar-refractivity contribution in [3.8, 4) is 5.75 Å². The lowest BCUT2D eigenvalue weighted by molar-refractivity contribution is -0.123. The molecule has 0 aliphatic heterocycles. The normalized spacial score (nSPS) is 11.2. The zero-order valence-corrected chi connectivity index (χ0v) is 17.5. The molecule has 6 nitrogen and oxygen atoms in total. The molecule has 2 aromatic rings. The second kappa shape index (κ2) is 10.1. The molecule has 1 heterocycles. The van der Waals surface area contributed by atoms with Gasteiger partial charge in [0.15, 0.2) is 11.7 Å². The monoisotopic (exact) mass is 388 g/mol. The second-order valence-corrected chi connectivity index (χ2v) is 7.54. The fourth-order valence-electron chi connectivity index (χ4n) is 2.56. The molecule has 0 spiro atoms. The van der Waals surface area contributed by atoms with Crippen molar-refractivity contribution in [1.82, 2.24) is 10.4 Å². The third kappa shape index (κ3) is 6.06. The minimum Gasteiger partial charge on any atom is -0.483 e. The molecule has 27 heavy (non-hydrogen) atoms. The maximum atomic E-state index is 12.0. The number of anilines is 1. The van der Waals surface area contributed by atoms with E-state index in [1.165, 1.54) is 0 Å². The summed E-state index contributed by atoms with van der Waals surface area (Å²) >= 11 is 1.54. The van der Waals surface area contributed by atoms with E-state index in [1.54, 1.807) is 23.7 Å². The van der Waals surface area contributed by atoms with Crippen LogP contribution in [0.25, 0.3) is 0 Å². The molecule has 1 aromatic carbocycles. The second-order valence-electron chi connectivity index (χ2n) is 6.50. The van der Waals surface area contributed by atoms with Crippen LogP contribution < -0.4 is 15.1 Å². The van der Waals surface area contributed by atoms with Gasteiger partial charge in [0, 0.05) is 19.3 Å². The Hall–Kier alpha value is -2.41. The number of nitrogens with one attached hydrogen (secondary N) is 1. The summed E-state index contributed by atoms with van der Waals surface area (Å²) in [6, 6.07) is 6.05. The Morgan fingerprint density at radius 3 is 2.78 bits per heavy atom. The van der Waals surface area contributed by atoms with Crippen molar-refractivity contribution in [3.05, 3.63) is 40.4 Å². The van der Waals surface area contributed by atoms with Crippen LogP contribution >= 0.6 is 11.3 Å². The first-order valence-corrected chi connectivity index (χ1v) is 10.0. The number of nitrogens with zero attached hydrogens (tertiary/aromatic N) is 3. The molecule has 1 aromatic heterocycles. The predicted octanol–water partition coefficient (Wildman–Crippen LogP) is 3.95. The quantitative estimate of drug-likeness (QED) is 0.522. The van der Waals surface area contributed by atoms with Crippen LogP contribution in [0.1, 0.15) is 49.6 Å². The number of ether oxygens (including phenoxy) is 1. The molecule has 0 saturated carbocycles. The zero-order valence-electron chi connectivity index (χ0n) is 16.7. The van der Waals surface area contributed by atoms with Crippen LogP contribution in [0.2, 0.25) is 0 Å². The highest BCUT2D eigenvalue weighted by Gasteiger charge is 2.10. The van der Waals surface area contributed by atoms with Gasteiger partial charge in [-0.2, -0.15) is 5.10 Å². The van der Waals surface area contributed by atoms with Gasteiger partial charge in [0.25, 0.3) is 5.91 Å². The van der Waals surface area contributed by atoms with E-state index in [1.807, 2.05) is 25.1 Å². The number of hydrogen-bond acceptors (Lipinski definition) is 6. The third-order valence-corrected chi connectivity index (χ3v) is 5.07. The van der Waals surface area contributed by atoms with E-state index in [0.29, 0.717) is 5.92 Å². The van der Waals surface area contributed by atoms with E-state index >= 15 is 0 Å². The minimum atomic E-state index is -0.295. The molecule has 0 aliphatic rings. The number of amides is 1. The van der Waals surface area contributed by atoms with Crippen LogP contribution in [0, 0.1) is 6.92 Å². The van der Waals surface area contributed by atoms with E-state index in [2.05, 4.69) is 48.1 Å². The van der Waals surface area contributed by atoms with Crippen LogP contribution in [0.3, 0.4) is 0 Å². The Bertz CT molecular complexity index is 782. The van der Waals surface area contributed by atoms with Crippen molar-refractivity contribution >= 4 is 28.6 Å². The summed E-state index contributed by atoms with van der Waals surface area (Å²) < 4.78 is 5.71. The number of aromatic nitrogens is 1. The first-order chi connectivity index (χ1) is 12.9. The van der Waals surface area contributed by atoms with Crippen LogP contribution in [0.5, 0.6) is 5.75 Å². The van der Waals surface area contributed by atoms with Gasteiger partial charge in [0.1, 0.15) is 5.75 Å². The van der Waals surface area contributed by atoms with Crippen molar-refractivity contribution in [3.63, 3.8) is 0 Å². The van der Waals surface area contributed by atoms with Crippen LogP contribution in [0.4, 0.5) is 5.13 Å². The molecule has 0 fully saturated rings.